The smallest absolute Gasteiger partial charge is 0.260 e. The predicted octanol–water partition coefficient (Wildman–Crippen LogP) is 2.53. The number of hydrogen-bond donors (Lipinski definition) is 1. The molecule has 1 aromatic carbocycles. The molecule has 5 nitrogen and oxygen atoms in total. The zero-order valence-electron chi connectivity index (χ0n) is 10.2. The van der Waals surface area contributed by atoms with E-state index in [0.29, 0.717) is 4.96 Å². The van der Waals surface area contributed by atoms with E-state index in [9.17, 15) is 8.42 Å². The standard InChI is InChI=1S/C12H10ClN3O2S2/c13-10-11(16-6-7-19-12(16)15-10)20(17,18)14-8-9-4-2-1-3-5-9/h1-7,14H,8H2. The number of thiazole rings is 1. The summed E-state index contributed by atoms with van der Waals surface area (Å²) in [4.78, 5) is 4.57. The van der Waals surface area contributed by atoms with Gasteiger partial charge in [0.1, 0.15) is 0 Å². The van der Waals surface area contributed by atoms with E-state index in [1.165, 1.54) is 15.7 Å². The third kappa shape index (κ3) is 2.45. The van der Waals surface area contributed by atoms with Crippen LogP contribution in [0.2, 0.25) is 5.15 Å². The van der Waals surface area contributed by atoms with Gasteiger partial charge in [-0.1, -0.05) is 41.9 Å². The molecule has 3 rings (SSSR count). The van der Waals surface area contributed by atoms with E-state index in [1.54, 1.807) is 11.6 Å². The highest BCUT2D eigenvalue weighted by molar-refractivity contribution is 7.89. The van der Waals surface area contributed by atoms with E-state index in [2.05, 4.69) is 9.71 Å². The lowest BCUT2D eigenvalue weighted by atomic mass is 10.2. The van der Waals surface area contributed by atoms with Crippen LogP contribution in [0.4, 0.5) is 0 Å². The Morgan fingerprint density at radius 1 is 1.30 bits per heavy atom. The van der Waals surface area contributed by atoms with Gasteiger partial charge in [0, 0.05) is 18.1 Å². The first kappa shape index (κ1) is 13.6. The summed E-state index contributed by atoms with van der Waals surface area (Å²) in [6.45, 7) is 0.205. The normalized spacial score (nSPS) is 12.1. The second-order valence-electron chi connectivity index (χ2n) is 4.07. The molecule has 20 heavy (non-hydrogen) atoms. The molecule has 2 aromatic heterocycles. The van der Waals surface area contributed by atoms with E-state index < -0.39 is 10.0 Å². The molecule has 3 aromatic rings. The maximum atomic E-state index is 12.3. The second kappa shape index (κ2) is 5.17. The molecule has 0 aliphatic carbocycles. The first-order valence-corrected chi connectivity index (χ1v) is 8.46. The molecule has 8 heteroatoms. The predicted molar refractivity (Wildman–Crippen MR) is 78.5 cm³/mol. The first-order valence-electron chi connectivity index (χ1n) is 5.72. The molecule has 0 amide bonds. The summed E-state index contributed by atoms with van der Waals surface area (Å²) in [6.07, 6.45) is 1.63. The van der Waals surface area contributed by atoms with Gasteiger partial charge in [0.05, 0.1) is 0 Å². The Hall–Kier alpha value is -1.41. The number of imidazole rings is 1. The van der Waals surface area contributed by atoms with Crippen molar-refractivity contribution < 1.29 is 8.42 Å². The van der Waals surface area contributed by atoms with Crippen LogP contribution in [0.15, 0.2) is 46.9 Å². The van der Waals surface area contributed by atoms with Crippen LogP contribution in [0.1, 0.15) is 5.56 Å². The minimum Gasteiger partial charge on any atom is -0.279 e. The van der Waals surface area contributed by atoms with Crippen LogP contribution in [-0.2, 0) is 16.6 Å². The average Bonchev–Trinajstić information content (AvgIpc) is 2.97. The van der Waals surface area contributed by atoms with Crippen LogP contribution in [0, 0.1) is 0 Å². The van der Waals surface area contributed by atoms with Crippen LogP contribution in [-0.4, -0.2) is 17.8 Å². The number of sulfonamides is 1. The van der Waals surface area contributed by atoms with E-state index in [1.807, 2.05) is 30.3 Å². The van der Waals surface area contributed by atoms with Crippen LogP contribution < -0.4 is 4.72 Å². The molecule has 0 saturated carbocycles. The maximum absolute atomic E-state index is 12.3. The Labute approximate surface area is 124 Å². The lowest BCUT2D eigenvalue weighted by Crippen LogP contribution is -2.24. The number of fused-ring (bicyclic) bond motifs is 1. The quantitative estimate of drug-likeness (QED) is 0.801. The Balaban J connectivity index is 1.92. The van der Waals surface area contributed by atoms with E-state index >= 15 is 0 Å². The van der Waals surface area contributed by atoms with Crippen LogP contribution in [0.25, 0.3) is 4.96 Å². The van der Waals surface area contributed by atoms with Gasteiger partial charge in [-0.3, -0.25) is 4.40 Å². The monoisotopic (exact) mass is 327 g/mol. The Bertz CT molecular complexity index is 840. The minimum atomic E-state index is -3.72. The second-order valence-corrected chi connectivity index (χ2v) is 6.99. The number of nitrogens with zero attached hydrogens (tertiary/aromatic N) is 2. The van der Waals surface area contributed by atoms with Gasteiger partial charge >= 0.3 is 0 Å². The highest BCUT2D eigenvalue weighted by Crippen LogP contribution is 2.25. The summed E-state index contributed by atoms with van der Waals surface area (Å²) in [7, 11) is -3.72. The third-order valence-electron chi connectivity index (χ3n) is 2.74. The van der Waals surface area contributed by atoms with Gasteiger partial charge in [0.15, 0.2) is 15.1 Å². The molecule has 0 atom stereocenters. The molecule has 0 bridgehead atoms. The van der Waals surface area contributed by atoms with Gasteiger partial charge in [-0.15, -0.1) is 11.3 Å². The van der Waals surface area contributed by atoms with Crippen molar-refractivity contribution in [3.63, 3.8) is 0 Å². The van der Waals surface area contributed by atoms with Gasteiger partial charge in [-0.2, -0.15) is 0 Å². The number of hydrogen-bond acceptors (Lipinski definition) is 4. The fraction of sp³-hybridized carbons (Fsp3) is 0.0833. The van der Waals surface area contributed by atoms with Crippen molar-refractivity contribution in [2.75, 3.05) is 0 Å². The Morgan fingerprint density at radius 3 is 2.80 bits per heavy atom. The molecule has 0 fully saturated rings. The van der Waals surface area contributed by atoms with E-state index in [0.717, 1.165) is 5.56 Å². The van der Waals surface area contributed by atoms with Crippen molar-refractivity contribution in [2.24, 2.45) is 0 Å². The zero-order valence-corrected chi connectivity index (χ0v) is 12.5. The summed E-state index contributed by atoms with van der Waals surface area (Å²) < 4.78 is 28.7. The molecule has 104 valence electrons. The number of halogens is 1. The highest BCUT2D eigenvalue weighted by Gasteiger charge is 2.24. The molecule has 0 radical (unpaired) electrons. The van der Waals surface area contributed by atoms with Crippen molar-refractivity contribution in [1.29, 1.82) is 0 Å². The molecular formula is C12H10ClN3O2S2. The molecule has 0 aliphatic heterocycles. The van der Waals surface area contributed by atoms with Crippen LogP contribution in [0.5, 0.6) is 0 Å². The van der Waals surface area contributed by atoms with Gasteiger partial charge in [-0.25, -0.2) is 18.1 Å². The van der Waals surface area contributed by atoms with Crippen LogP contribution in [0.3, 0.4) is 0 Å². The molecule has 0 saturated heterocycles. The molecular weight excluding hydrogens is 318 g/mol. The molecule has 0 aliphatic rings. The van der Waals surface area contributed by atoms with Crippen molar-refractivity contribution in [3.8, 4) is 0 Å². The summed E-state index contributed by atoms with van der Waals surface area (Å²) in [5.74, 6) is 0. The summed E-state index contributed by atoms with van der Waals surface area (Å²) in [5.41, 5.74) is 0.873. The van der Waals surface area contributed by atoms with Gasteiger partial charge in [0.2, 0.25) is 0 Å². The number of aromatic nitrogens is 2. The third-order valence-corrected chi connectivity index (χ3v) is 5.30. The largest absolute Gasteiger partial charge is 0.279 e. The lowest BCUT2D eigenvalue weighted by molar-refractivity contribution is 0.576. The molecule has 2 heterocycles. The number of benzene rings is 1. The summed E-state index contributed by atoms with van der Waals surface area (Å²) in [6, 6.07) is 9.28. The van der Waals surface area contributed by atoms with Crippen LogP contribution >= 0.6 is 22.9 Å². The van der Waals surface area contributed by atoms with E-state index in [4.69, 9.17) is 11.6 Å². The van der Waals surface area contributed by atoms with Crippen molar-refractivity contribution in [2.45, 2.75) is 11.6 Å². The summed E-state index contributed by atoms with van der Waals surface area (Å²) >= 11 is 7.26. The van der Waals surface area contributed by atoms with Gasteiger partial charge in [0.25, 0.3) is 10.0 Å². The Morgan fingerprint density at radius 2 is 2.05 bits per heavy atom. The van der Waals surface area contributed by atoms with Gasteiger partial charge < -0.3 is 0 Å². The zero-order chi connectivity index (χ0) is 14.2. The minimum absolute atomic E-state index is 0.0163. The SMILES string of the molecule is O=S(=O)(NCc1ccccc1)c1c(Cl)nc2sccn12. The molecule has 0 spiro atoms. The molecule has 1 N–H and O–H groups in total. The molecule has 0 unspecified atom stereocenters. The first-order chi connectivity index (χ1) is 9.58. The van der Waals surface area contributed by atoms with E-state index in [-0.39, 0.29) is 16.7 Å². The fourth-order valence-corrected chi connectivity index (χ4v) is 4.29. The van der Waals surface area contributed by atoms with Crippen molar-refractivity contribution in [1.82, 2.24) is 14.1 Å². The topological polar surface area (TPSA) is 63.5 Å². The summed E-state index contributed by atoms with van der Waals surface area (Å²) in [5, 5.41) is 1.72. The van der Waals surface area contributed by atoms with Crippen molar-refractivity contribution in [3.05, 3.63) is 52.6 Å². The Kier molecular flexibility index (Phi) is 3.51. The lowest BCUT2D eigenvalue weighted by Gasteiger charge is -2.06. The van der Waals surface area contributed by atoms with Crippen molar-refractivity contribution >= 4 is 37.9 Å². The average molecular weight is 328 g/mol. The van der Waals surface area contributed by atoms with Gasteiger partial charge in [-0.05, 0) is 5.56 Å². The number of nitrogens with one attached hydrogen (secondary N) is 1. The maximum Gasteiger partial charge on any atom is 0.260 e. The number of rotatable bonds is 4. The highest BCUT2D eigenvalue weighted by atomic mass is 35.5. The fourth-order valence-electron chi connectivity index (χ4n) is 1.82.